The van der Waals surface area contributed by atoms with Crippen LogP contribution in [-0.4, -0.2) is 22.7 Å². The number of fused-ring (bicyclic) bond motifs is 1. The average molecular weight is 323 g/mol. The van der Waals surface area contributed by atoms with Crippen molar-refractivity contribution in [3.63, 3.8) is 0 Å². The van der Waals surface area contributed by atoms with Crippen LogP contribution >= 0.6 is 0 Å². The molecule has 2 aromatic heterocycles. The summed E-state index contributed by atoms with van der Waals surface area (Å²) in [5, 5.41) is 11.0. The highest BCUT2D eigenvalue weighted by Gasteiger charge is 2.30. The Labute approximate surface area is 139 Å². The van der Waals surface area contributed by atoms with Crippen molar-refractivity contribution >= 4 is 5.65 Å². The molecule has 0 radical (unpaired) electrons. The smallest absolute Gasteiger partial charge is 0.354 e. The average Bonchev–Trinajstić information content (AvgIpc) is 2.64. The van der Waals surface area contributed by atoms with Gasteiger partial charge in [-0.2, -0.15) is 8.97 Å². The molecule has 4 rings (SSSR count). The number of nitrogens with zero attached hydrogens (tertiary/aromatic N) is 2. The molecule has 0 spiro atoms. The van der Waals surface area contributed by atoms with Crippen LogP contribution in [0.4, 0.5) is 0 Å². The molecule has 0 amide bonds. The lowest BCUT2D eigenvalue weighted by molar-refractivity contribution is -0.710. The lowest BCUT2D eigenvalue weighted by Crippen LogP contribution is -2.47. The number of rotatable bonds is 2. The number of benzene rings is 1. The van der Waals surface area contributed by atoms with Crippen LogP contribution in [0.15, 0.2) is 59.5 Å². The quantitative estimate of drug-likeness (QED) is 0.736. The Morgan fingerprint density at radius 1 is 1.04 bits per heavy atom. The summed E-state index contributed by atoms with van der Waals surface area (Å²) in [6.07, 6.45) is 3.38. The van der Waals surface area contributed by atoms with Crippen LogP contribution in [0.1, 0.15) is 18.9 Å². The topological polar surface area (TPSA) is 54.8 Å². The predicted octanol–water partition coefficient (Wildman–Crippen LogP) is 2.31. The van der Waals surface area contributed by atoms with Gasteiger partial charge in [0.05, 0.1) is 19.4 Å². The van der Waals surface area contributed by atoms with Crippen molar-refractivity contribution in [2.75, 3.05) is 13.2 Å². The van der Waals surface area contributed by atoms with Crippen molar-refractivity contribution in [2.45, 2.75) is 18.9 Å². The summed E-state index contributed by atoms with van der Waals surface area (Å²) in [4.78, 5) is 12.9. The third-order valence-electron chi connectivity index (χ3n) is 4.59. The molecule has 1 aromatic carbocycles. The van der Waals surface area contributed by atoms with Gasteiger partial charge in [-0.1, -0.05) is 36.4 Å². The third kappa shape index (κ3) is 2.37. The molecular weight excluding hydrogens is 304 g/mol. The third-order valence-corrected chi connectivity index (χ3v) is 4.59. The molecule has 3 aromatic rings. The highest BCUT2D eigenvalue weighted by molar-refractivity contribution is 5.66. The highest BCUT2D eigenvalue weighted by atomic mass is 16.5. The van der Waals surface area contributed by atoms with E-state index in [0.717, 1.165) is 18.4 Å². The van der Waals surface area contributed by atoms with Gasteiger partial charge >= 0.3 is 5.56 Å². The van der Waals surface area contributed by atoms with Crippen molar-refractivity contribution in [1.29, 1.82) is 0 Å². The van der Waals surface area contributed by atoms with E-state index in [2.05, 4.69) is 0 Å². The number of pyridine rings is 1. The van der Waals surface area contributed by atoms with Crippen molar-refractivity contribution in [3.8, 4) is 17.0 Å². The number of aromatic nitrogens is 2. The molecule has 5 nitrogen and oxygen atoms in total. The Bertz CT molecular complexity index is 928. The lowest BCUT2D eigenvalue weighted by Gasteiger charge is -2.22. The fourth-order valence-electron chi connectivity index (χ4n) is 3.41. The van der Waals surface area contributed by atoms with Crippen LogP contribution in [0.2, 0.25) is 0 Å². The zero-order valence-electron chi connectivity index (χ0n) is 13.3. The molecule has 3 heterocycles. The summed E-state index contributed by atoms with van der Waals surface area (Å²) in [6.45, 7) is 1.33. The first kappa shape index (κ1) is 14.9. The largest absolute Gasteiger partial charge is 0.477 e. The molecular formula is C19H19N2O3+. The Kier molecular flexibility index (Phi) is 3.78. The molecule has 1 aliphatic rings. The van der Waals surface area contributed by atoms with Crippen molar-refractivity contribution in [1.82, 2.24) is 4.40 Å². The summed E-state index contributed by atoms with van der Waals surface area (Å²) in [6, 6.07) is 15.0. The standard InChI is InChI=1S/C19H18N2O3/c22-18-17(14-6-2-1-3-7-14)19(23)21(15-9-12-24-13-10-15)16-8-4-5-11-20(16)18/h1-8,11,15H,9-10,12-13H2/p+1. The molecule has 0 bridgehead atoms. The predicted molar refractivity (Wildman–Crippen MR) is 90.1 cm³/mol. The Morgan fingerprint density at radius 3 is 2.50 bits per heavy atom. The second-order valence-corrected chi connectivity index (χ2v) is 6.01. The van der Waals surface area contributed by atoms with E-state index in [-0.39, 0.29) is 17.5 Å². The van der Waals surface area contributed by atoms with Gasteiger partial charge in [-0.3, -0.25) is 0 Å². The van der Waals surface area contributed by atoms with Gasteiger partial charge < -0.3 is 9.84 Å². The maximum atomic E-state index is 12.9. The van der Waals surface area contributed by atoms with Crippen LogP contribution in [-0.2, 0) is 4.74 Å². The number of aromatic hydroxyl groups is 1. The first-order valence-electron chi connectivity index (χ1n) is 8.18. The molecule has 0 aliphatic carbocycles. The van der Waals surface area contributed by atoms with Crippen LogP contribution in [0.5, 0.6) is 5.88 Å². The molecule has 1 N–H and O–H groups in total. The summed E-state index contributed by atoms with van der Waals surface area (Å²) in [5.41, 5.74) is 1.55. The van der Waals surface area contributed by atoms with E-state index in [1.165, 1.54) is 0 Å². The molecule has 1 fully saturated rings. The van der Waals surface area contributed by atoms with E-state index in [9.17, 15) is 9.90 Å². The van der Waals surface area contributed by atoms with Gasteiger partial charge in [-0.25, -0.2) is 4.79 Å². The van der Waals surface area contributed by atoms with E-state index >= 15 is 0 Å². The van der Waals surface area contributed by atoms with Gasteiger partial charge in [0.15, 0.2) is 5.56 Å². The van der Waals surface area contributed by atoms with E-state index in [0.29, 0.717) is 24.4 Å². The number of hydrogen-bond donors (Lipinski definition) is 1. The number of ether oxygens (including phenoxy) is 1. The molecule has 0 saturated carbocycles. The van der Waals surface area contributed by atoms with Crippen LogP contribution in [0.3, 0.4) is 0 Å². The van der Waals surface area contributed by atoms with E-state index in [1.807, 2.05) is 53.1 Å². The van der Waals surface area contributed by atoms with Crippen molar-refractivity contribution in [3.05, 3.63) is 65.1 Å². The van der Waals surface area contributed by atoms with Crippen LogP contribution in [0, 0.1) is 0 Å². The summed E-state index contributed by atoms with van der Waals surface area (Å²) in [5.74, 6) is 0.0318. The van der Waals surface area contributed by atoms with Gasteiger partial charge in [0, 0.05) is 18.9 Å². The fourth-order valence-corrected chi connectivity index (χ4v) is 3.41. The van der Waals surface area contributed by atoms with Gasteiger partial charge in [-0.15, -0.1) is 0 Å². The van der Waals surface area contributed by atoms with Gasteiger partial charge in [0.1, 0.15) is 6.04 Å². The maximum Gasteiger partial charge on any atom is 0.354 e. The molecule has 24 heavy (non-hydrogen) atoms. The zero-order valence-corrected chi connectivity index (χ0v) is 13.3. The molecule has 1 saturated heterocycles. The Hall–Kier alpha value is -2.66. The monoisotopic (exact) mass is 323 g/mol. The van der Waals surface area contributed by atoms with E-state index in [1.54, 1.807) is 10.6 Å². The minimum absolute atomic E-state index is 0.0318. The van der Waals surface area contributed by atoms with Gasteiger partial charge in [0.25, 0.3) is 11.5 Å². The minimum Gasteiger partial charge on any atom is -0.477 e. The SMILES string of the molecule is O=c1c(-c2ccccc2)c(O)[n+](C2CCOCC2)c2ccccn12. The van der Waals surface area contributed by atoms with E-state index in [4.69, 9.17) is 4.74 Å². The lowest BCUT2D eigenvalue weighted by atomic mass is 10.1. The minimum atomic E-state index is -0.211. The second kappa shape index (κ2) is 6.09. The fraction of sp³-hybridized carbons (Fsp3) is 0.263. The maximum absolute atomic E-state index is 12.9. The van der Waals surface area contributed by atoms with Crippen molar-refractivity contribution < 1.29 is 14.4 Å². The number of hydrogen-bond acceptors (Lipinski definition) is 3. The molecule has 1 aliphatic heterocycles. The Balaban J connectivity index is 2.05. The summed E-state index contributed by atoms with van der Waals surface area (Å²) in [7, 11) is 0. The second-order valence-electron chi connectivity index (χ2n) is 6.01. The van der Waals surface area contributed by atoms with Crippen molar-refractivity contribution in [2.24, 2.45) is 0 Å². The van der Waals surface area contributed by atoms with Gasteiger partial charge in [-0.05, 0) is 11.6 Å². The van der Waals surface area contributed by atoms with Gasteiger partial charge in [0.2, 0.25) is 0 Å². The Morgan fingerprint density at radius 2 is 1.75 bits per heavy atom. The molecule has 0 atom stereocenters. The van der Waals surface area contributed by atoms with Crippen LogP contribution in [0.25, 0.3) is 16.8 Å². The molecule has 5 heteroatoms. The first-order valence-corrected chi connectivity index (χ1v) is 8.18. The highest BCUT2D eigenvalue weighted by Crippen LogP contribution is 2.26. The molecule has 0 unspecified atom stereocenters. The molecule has 122 valence electrons. The van der Waals surface area contributed by atoms with Crippen LogP contribution < -0.4 is 10.1 Å². The zero-order chi connectivity index (χ0) is 16.5. The summed E-state index contributed by atoms with van der Waals surface area (Å²) >= 11 is 0. The normalized spacial score (nSPS) is 15.7. The first-order chi connectivity index (χ1) is 11.8. The summed E-state index contributed by atoms with van der Waals surface area (Å²) < 4.78 is 8.94. The van der Waals surface area contributed by atoms with E-state index < -0.39 is 0 Å².